The van der Waals surface area contributed by atoms with Crippen LogP contribution in [0.2, 0.25) is 0 Å². The second-order valence-corrected chi connectivity index (χ2v) is 4.87. The van der Waals surface area contributed by atoms with Gasteiger partial charge in [0.2, 0.25) is 0 Å². The van der Waals surface area contributed by atoms with Crippen LogP contribution in [0.5, 0.6) is 0 Å². The number of aryl methyl sites for hydroxylation is 2. The largest absolute Gasteiger partial charge is 0.483 e. The molecule has 2 heterocycles. The zero-order valence-corrected chi connectivity index (χ0v) is 14.6. The first kappa shape index (κ1) is 21.0. The van der Waals surface area contributed by atoms with E-state index in [1.807, 2.05) is 34.6 Å². The first-order valence-corrected chi connectivity index (χ1v) is 7.89. The molecule has 1 aliphatic rings. The molecule has 1 aromatic rings. The molecule has 7 heteroatoms. The van der Waals surface area contributed by atoms with E-state index in [2.05, 4.69) is 9.97 Å². The van der Waals surface area contributed by atoms with E-state index in [0.29, 0.717) is 22.9 Å². The highest BCUT2D eigenvalue weighted by atomic mass is 16.5. The van der Waals surface area contributed by atoms with Crippen LogP contribution in [0.4, 0.5) is 5.69 Å². The average Bonchev–Trinajstić information content (AvgIpc) is 2.98. The first-order chi connectivity index (χ1) is 10.9. The Morgan fingerprint density at radius 3 is 2.43 bits per heavy atom. The molecule has 1 aliphatic heterocycles. The van der Waals surface area contributed by atoms with Crippen molar-refractivity contribution in [1.29, 1.82) is 5.41 Å². The Kier molecular flexibility index (Phi) is 9.73. The number of ether oxygens (including phenoxy) is 1. The number of rotatable bonds is 3. The van der Waals surface area contributed by atoms with Gasteiger partial charge in [-0.25, -0.2) is 9.97 Å². The molecule has 1 saturated heterocycles. The van der Waals surface area contributed by atoms with Gasteiger partial charge in [-0.3, -0.25) is 4.79 Å². The number of carboxylic acid groups (broad SMARTS) is 1. The van der Waals surface area contributed by atoms with Crippen molar-refractivity contribution in [2.45, 2.75) is 66.1 Å². The Labute approximate surface area is 137 Å². The van der Waals surface area contributed by atoms with E-state index in [0.717, 1.165) is 25.0 Å². The molecular weight excluding hydrogens is 296 g/mol. The molecule has 1 aromatic heterocycles. The van der Waals surface area contributed by atoms with Gasteiger partial charge in [0.1, 0.15) is 17.6 Å². The van der Waals surface area contributed by atoms with Crippen molar-refractivity contribution in [3.63, 3.8) is 0 Å². The Hall–Kier alpha value is -2.02. The summed E-state index contributed by atoms with van der Waals surface area (Å²) < 4.78 is 5.71. The summed E-state index contributed by atoms with van der Waals surface area (Å²) in [6.07, 6.45) is 2.63. The quantitative estimate of drug-likeness (QED) is 0.580. The Balaban J connectivity index is 0.000000868. The van der Waals surface area contributed by atoms with E-state index >= 15 is 0 Å². The van der Waals surface area contributed by atoms with Crippen LogP contribution in [0.15, 0.2) is 0 Å². The molecule has 0 radical (unpaired) electrons. The van der Waals surface area contributed by atoms with Crippen LogP contribution >= 0.6 is 0 Å². The predicted octanol–water partition coefficient (Wildman–Crippen LogP) is 2.59. The predicted molar refractivity (Wildman–Crippen MR) is 91.0 cm³/mol. The molecule has 130 valence electrons. The third-order valence-corrected chi connectivity index (χ3v) is 3.28. The number of nitrogens with one attached hydrogen (secondary N) is 1. The van der Waals surface area contributed by atoms with Gasteiger partial charge >= 0.3 is 0 Å². The van der Waals surface area contributed by atoms with Crippen molar-refractivity contribution in [1.82, 2.24) is 9.97 Å². The normalized spacial score (nSPS) is 19.0. The molecule has 0 saturated carbocycles. The fraction of sp³-hybridized carbons (Fsp3) is 0.625. The lowest BCUT2D eigenvalue weighted by atomic mass is 10.0. The van der Waals surface area contributed by atoms with E-state index in [4.69, 9.17) is 25.8 Å². The molecule has 2 unspecified atom stereocenters. The van der Waals surface area contributed by atoms with Crippen LogP contribution in [0.1, 0.15) is 57.7 Å². The minimum absolute atomic E-state index is 0.179. The molecule has 7 nitrogen and oxygen atoms in total. The summed E-state index contributed by atoms with van der Waals surface area (Å²) in [4.78, 5) is 17.0. The van der Waals surface area contributed by atoms with Gasteiger partial charge in [-0.05, 0) is 33.1 Å². The standard InChI is InChI=1S/C13H20N4O.C2H6.CH2O2/c1-4-9-11(14)13(17-8(3)16-9)12(15)10-6-5-7(2)18-10;1-2;2-1-3/h7,10,15H,4-6,14H2,1-3H3;1-2H3;1H,(H,2,3). The summed E-state index contributed by atoms with van der Waals surface area (Å²) in [5.74, 6) is 0.659. The smallest absolute Gasteiger partial charge is 0.290 e. The SMILES string of the molecule is CC.CCc1nc(C)nc(C(=N)C2CCC(C)O2)c1N.O=CO. The Morgan fingerprint density at radius 1 is 1.43 bits per heavy atom. The molecule has 2 atom stereocenters. The fourth-order valence-electron chi connectivity index (χ4n) is 2.28. The second kappa shape index (κ2) is 10.7. The van der Waals surface area contributed by atoms with Gasteiger partial charge in [0.05, 0.1) is 23.2 Å². The minimum Gasteiger partial charge on any atom is -0.483 e. The van der Waals surface area contributed by atoms with Crippen molar-refractivity contribution in [3.05, 3.63) is 17.2 Å². The molecule has 2 rings (SSSR count). The van der Waals surface area contributed by atoms with Gasteiger partial charge in [-0.1, -0.05) is 20.8 Å². The van der Waals surface area contributed by atoms with Crippen LogP contribution in [-0.4, -0.2) is 39.5 Å². The van der Waals surface area contributed by atoms with Gasteiger partial charge < -0.3 is 21.0 Å². The van der Waals surface area contributed by atoms with E-state index in [1.165, 1.54) is 0 Å². The van der Waals surface area contributed by atoms with Crippen molar-refractivity contribution in [2.75, 3.05) is 5.73 Å². The van der Waals surface area contributed by atoms with Crippen LogP contribution in [0.3, 0.4) is 0 Å². The second-order valence-electron chi connectivity index (χ2n) is 4.87. The number of carbonyl (C=O) groups is 1. The maximum absolute atomic E-state index is 8.36. The Bertz CT molecular complexity index is 520. The lowest BCUT2D eigenvalue weighted by Gasteiger charge is -2.15. The lowest BCUT2D eigenvalue weighted by molar-refractivity contribution is -0.122. The third kappa shape index (κ3) is 5.94. The van der Waals surface area contributed by atoms with Crippen molar-refractivity contribution >= 4 is 17.9 Å². The molecule has 4 N–H and O–H groups in total. The van der Waals surface area contributed by atoms with E-state index in [9.17, 15) is 0 Å². The van der Waals surface area contributed by atoms with Gasteiger partial charge in [-0.2, -0.15) is 0 Å². The molecule has 0 bridgehead atoms. The summed E-state index contributed by atoms with van der Waals surface area (Å²) in [6.45, 7) is 9.60. The summed E-state index contributed by atoms with van der Waals surface area (Å²) >= 11 is 0. The highest BCUT2D eigenvalue weighted by Gasteiger charge is 2.28. The van der Waals surface area contributed by atoms with Gasteiger partial charge in [-0.15, -0.1) is 0 Å². The first-order valence-electron chi connectivity index (χ1n) is 7.89. The summed E-state index contributed by atoms with van der Waals surface area (Å²) in [7, 11) is 0. The number of hydrogen-bond acceptors (Lipinski definition) is 6. The fourth-order valence-corrected chi connectivity index (χ4v) is 2.28. The number of aromatic nitrogens is 2. The highest BCUT2D eigenvalue weighted by molar-refractivity contribution is 6.04. The summed E-state index contributed by atoms with van der Waals surface area (Å²) in [5, 5.41) is 15.1. The molecular formula is C16H28N4O3. The topological polar surface area (TPSA) is 122 Å². The maximum Gasteiger partial charge on any atom is 0.290 e. The number of nitrogen functional groups attached to an aromatic ring is 1. The monoisotopic (exact) mass is 324 g/mol. The minimum atomic E-state index is -0.250. The lowest BCUT2D eigenvalue weighted by Crippen LogP contribution is -2.24. The Morgan fingerprint density at radius 2 is 2.00 bits per heavy atom. The van der Waals surface area contributed by atoms with Crippen molar-refractivity contribution in [3.8, 4) is 0 Å². The molecule has 0 spiro atoms. The van der Waals surface area contributed by atoms with Gasteiger partial charge in [0.25, 0.3) is 6.47 Å². The molecule has 0 aromatic carbocycles. The zero-order chi connectivity index (χ0) is 18.0. The van der Waals surface area contributed by atoms with Gasteiger partial charge in [0.15, 0.2) is 0 Å². The van der Waals surface area contributed by atoms with Crippen LogP contribution < -0.4 is 5.73 Å². The van der Waals surface area contributed by atoms with Gasteiger partial charge in [0, 0.05) is 0 Å². The zero-order valence-electron chi connectivity index (χ0n) is 14.6. The third-order valence-electron chi connectivity index (χ3n) is 3.28. The van der Waals surface area contributed by atoms with E-state index in [-0.39, 0.29) is 18.7 Å². The highest BCUT2D eigenvalue weighted by Crippen LogP contribution is 2.25. The number of hydrogen-bond donors (Lipinski definition) is 3. The van der Waals surface area contributed by atoms with E-state index in [1.54, 1.807) is 0 Å². The maximum atomic E-state index is 8.36. The van der Waals surface area contributed by atoms with Crippen LogP contribution in [-0.2, 0) is 16.0 Å². The molecule has 1 fully saturated rings. The van der Waals surface area contributed by atoms with Crippen LogP contribution in [0, 0.1) is 12.3 Å². The molecule has 0 aliphatic carbocycles. The van der Waals surface area contributed by atoms with Crippen molar-refractivity contribution in [2.24, 2.45) is 0 Å². The average molecular weight is 324 g/mol. The number of nitrogens with zero attached hydrogens (tertiary/aromatic N) is 2. The van der Waals surface area contributed by atoms with Crippen molar-refractivity contribution < 1.29 is 14.6 Å². The number of nitrogens with two attached hydrogens (primary N) is 1. The molecule has 23 heavy (non-hydrogen) atoms. The number of anilines is 1. The van der Waals surface area contributed by atoms with Crippen LogP contribution in [0.25, 0.3) is 0 Å². The van der Waals surface area contributed by atoms with E-state index < -0.39 is 0 Å². The molecule has 0 amide bonds. The summed E-state index contributed by atoms with van der Waals surface area (Å²) in [5.41, 5.74) is 8.31. The summed E-state index contributed by atoms with van der Waals surface area (Å²) in [6, 6.07) is 0.